The molecule has 1 aromatic heterocycles. The molecule has 1 N–H and O–H groups in total. The third-order valence-electron chi connectivity index (χ3n) is 4.95. The molecule has 0 spiro atoms. The summed E-state index contributed by atoms with van der Waals surface area (Å²) in [4.78, 5) is 36.7. The maximum Gasteiger partial charge on any atom is 0.337 e. The Morgan fingerprint density at radius 2 is 1.48 bits per heavy atom. The van der Waals surface area contributed by atoms with Crippen LogP contribution in [0.3, 0.4) is 0 Å². The summed E-state index contributed by atoms with van der Waals surface area (Å²) in [6.07, 6.45) is 2.99. The van der Waals surface area contributed by atoms with Gasteiger partial charge in [0.1, 0.15) is 10.6 Å². The molecule has 1 aliphatic heterocycles. The number of sulfonamides is 1. The Labute approximate surface area is 179 Å². The summed E-state index contributed by atoms with van der Waals surface area (Å²) in [5.41, 5.74) is 0.342. The van der Waals surface area contributed by atoms with E-state index < -0.39 is 27.9 Å². The number of aryl methyl sites for hydroxylation is 1. The second-order valence-corrected chi connectivity index (χ2v) is 8.96. The number of amides is 1. The highest BCUT2D eigenvalue weighted by atomic mass is 32.2. The van der Waals surface area contributed by atoms with Crippen molar-refractivity contribution in [3.63, 3.8) is 0 Å². The smallest absolute Gasteiger partial charge is 0.337 e. The van der Waals surface area contributed by atoms with E-state index >= 15 is 0 Å². The first-order valence-corrected chi connectivity index (χ1v) is 10.9. The molecular weight excluding hydrogens is 426 g/mol. The highest BCUT2D eigenvalue weighted by Crippen LogP contribution is 2.23. The maximum absolute atomic E-state index is 12.8. The van der Waals surface area contributed by atoms with Crippen molar-refractivity contribution >= 4 is 33.6 Å². The van der Waals surface area contributed by atoms with Gasteiger partial charge in [-0.1, -0.05) is 0 Å². The maximum atomic E-state index is 12.8. The van der Waals surface area contributed by atoms with Crippen molar-refractivity contribution in [2.24, 2.45) is 7.05 Å². The first kappa shape index (κ1) is 22.5. The quantitative estimate of drug-likeness (QED) is 0.665. The summed E-state index contributed by atoms with van der Waals surface area (Å²) in [6, 6.07) is 5.28. The fourth-order valence-electron chi connectivity index (χ4n) is 3.34. The Bertz CT molecular complexity index is 1100. The van der Waals surface area contributed by atoms with Gasteiger partial charge in [-0.25, -0.2) is 18.0 Å². The Hall–Kier alpha value is -3.18. The molecular formula is C20H23N3O7S. The van der Waals surface area contributed by atoms with E-state index in [4.69, 9.17) is 0 Å². The zero-order valence-electron chi connectivity index (χ0n) is 17.4. The SMILES string of the molecule is COC(=O)c1cc(NC(=O)c2cc(S(=O)(=O)N3CCCC3)cn2C)cc(C(=O)OC)c1. The second kappa shape index (κ2) is 8.90. The van der Waals surface area contributed by atoms with Gasteiger partial charge in [0, 0.05) is 32.0 Å². The van der Waals surface area contributed by atoms with Gasteiger partial charge in [0.2, 0.25) is 10.0 Å². The Morgan fingerprint density at radius 3 is 2.00 bits per heavy atom. The van der Waals surface area contributed by atoms with Gasteiger partial charge in [-0.15, -0.1) is 0 Å². The van der Waals surface area contributed by atoms with Crippen LogP contribution in [0.4, 0.5) is 5.69 Å². The van der Waals surface area contributed by atoms with Crippen LogP contribution in [0.25, 0.3) is 0 Å². The molecule has 1 aliphatic rings. The number of ether oxygens (including phenoxy) is 2. The van der Waals surface area contributed by atoms with Gasteiger partial charge in [-0.3, -0.25) is 4.79 Å². The Kier molecular flexibility index (Phi) is 6.46. The van der Waals surface area contributed by atoms with Crippen LogP contribution in [0.2, 0.25) is 0 Å². The number of methoxy groups -OCH3 is 2. The Balaban J connectivity index is 1.90. The summed E-state index contributed by atoms with van der Waals surface area (Å²) in [7, 11) is 0.263. The van der Waals surface area contributed by atoms with E-state index in [-0.39, 0.29) is 27.4 Å². The number of carbonyl (C=O) groups is 3. The molecule has 0 saturated carbocycles. The summed E-state index contributed by atoms with van der Waals surface area (Å²) in [5.74, 6) is -2.00. The minimum absolute atomic E-state index is 0.0283. The molecule has 0 aliphatic carbocycles. The van der Waals surface area contributed by atoms with Crippen LogP contribution in [-0.4, -0.2) is 62.4 Å². The summed E-state index contributed by atoms with van der Waals surface area (Å²) < 4.78 is 37.7. The second-order valence-electron chi connectivity index (χ2n) is 7.02. The molecule has 166 valence electrons. The highest BCUT2D eigenvalue weighted by Gasteiger charge is 2.29. The molecule has 0 radical (unpaired) electrons. The van der Waals surface area contributed by atoms with Gasteiger partial charge in [-0.05, 0) is 37.1 Å². The summed E-state index contributed by atoms with van der Waals surface area (Å²) >= 11 is 0. The zero-order valence-corrected chi connectivity index (χ0v) is 18.2. The average Bonchev–Trinajstić information content (AvgIpc) is 3.43. The number of anilines is 1. The topological polar surface area (TPSA) is 124 Å². The number of benzene rings is 1. The number of nitrogens with zero attached hydrogens (tertiary/aromatic N) is 2. The predicted molar refractivity (Wildman–Crippen MR) is 110 cm³/mol. The normalized spacial score (nSPS) is 14.3. The summed E-state index contributed by atoms with van der Waals surface area (Å²) in [6.45, 7) is 0.908. The van der Waals surface area contributed by atoms with Gasteiger partial charge in [0.05, 0.1) is 25.3 Å². The lowest BCUT2D eigenvalue weighted by Crippen LogP contribution is -2.27. The van der Waals surface area contributed by atoms with E-state index in [9.17, 15) is 22.8 Å². The van der Waals surface area contributed by atoms with E-state index in [0.29, 0.717) is 13.1 Å². The third kappa shape index (κ3) is 4.62. The van der Waals surface area contributed by atoms with Gasteiger partial charge in [0.15, 0.2) is 0 Å². The number of nitrogens with one attached hydrogen (secondary N) is 1. The molecule has 1 fully saturated rings. The number of aromatic nitrogens is 1. The van der Waals surface area contributed by atoms with Gasteiger partial charge >= 0.3 is 11.9 Å². The zero-order chi connectivity index (χ0) is 22.8. The van der Waals surface area contributed by atoms with E-state index in [0.717, 1.165) is 12.8 Å². The predicted octanol–water partition coefficient (Wildman–Crippen LogP) is 1.64. The van der Waals surface area contributed by atoms with Crippen LogP contribution in [0.1, 0.15) is 44.0 Å². The van der Waals surface area contributed by atoms with Gasteiger partial charge < -0.3 is 19.4 Å². The fraction of sp³-hybridized carbons (Fsp3) is 0.350. The third-order valence-corrected chi connectivity index (χ3v) is 6.81. The molecule has 10 nitrogen and oxygen atoms in total. The van der Waals surface area contributed by atoms with Crippen molar-refractivity contribution in [2.75, 3.05) is 32.6 Å². The lowest BCUT2D eigenvalue weighted by molar-refractivity contribution is 0.0598. The minimum Gasteiger partial charge on any atom is -0.465 e. The monoisotopic (exact) mass is 449 g/mol. The van der Waals surface area contributed by atoms with Crippen molar-refractivity contribution in [1.82, 2.24) is 8.87 Å². The number of hydrogen-bond donors (Lipinski definition) is 1. The van der Waals surface area contributed by atoms with E-state index in [2.05, 4.69) is 14.8 Å². The van der Waals surface area contributed by atoms with Crippen molar-refractivity contribution in [3.8, 4) is 0 Å². The molecule has 2 aromatic rings. The van der Waals surface area contributed by atoms with E-state index in [1.807, 2.05) is 0 Å². The number of hydrogen-bond acceptors (Lipinski definition) is 7. The first-order chi connectivity index (χ1) is 14.7. The van der Waals surface area contributed by atoms with Crippen LogP contribution in [0.15, 0.2) is 35.4 Å². The van der Waals surface area contributed by atoms with E-state index in [1.165, 1.54) is 53.6 Å². The lowest BCUT2D eigenvalue weighted by Gasteiger charge is -2.13. The van der Waals surface area contributed by atoms with Crippen LogP contribution in [-0.2, 0) is 26.5 Å². The molecule has 1 saturated heterocycles. The van der Waals surface area contributed by atoms with Crippen molar-refractivity contribution in [1.29, 1.82) is 0 Å². The number of esters is 2. The largest absolute Gasteiger partial charge is 0.465 e. The van der Waals surface area contributed by atoms with Gasteiger partial charge in [0.25, 0.3) is 5.91 Å². The average molecular weight is 449 g/mol. The molecule has 0 atom stereocenters. The van der Waals surface area contributed by atoms with E-state index in [1.54, 1.807) is 7.05 Å². The molecule has 31 heavy (non-hydrogen) atoms. The highest BCUT2D eigenvalue weighted by molar-refractivity contribution is 7.89. The van der Waals surface area contributed by atoms with Crippen LogP contribution < -0.4 is 5.32 Å². The van der Waals surface area contributed by atoms with Crippen LogP contribution in [0.5, 0.6) is 0 Å². The molecule has 3 rings (SSSR count). The molecule has 11 heteroatoms. The summed E-state index contributed by atoms with van der Waals surface area (Å²) in [5, 5.41) is 2.59. The fourth-order valence-corrected chi connectivity index (χ4v) is 4.93. The van der Waals surface area contributed by atoms with Crippen molar-refractivity contribution < 1.29 is 32.3 Å². The number of carbonyl (C=O) groups excluding carboxylic acids is 3. The molecule has 1 aromatic carbocycles. The van der Waals surface area contributed by atoms with Crippen LogP contribution >= 0.6 is 0 Å². The molecule has 0 bridgehead atoms. The molecule has 1 amide bonds. The lowest BCUT2D eigenvalue weighted by atomic mass is 10.1. The molecule has 2 heterocycles. The minimum atomic E-state index is -3.68. The van der Waals surface area contributed by atoms with Crippen LogP contribution in [0, 0.1) is 0 Å². The first-order valence-electron chi connectivity index (χ1n) is 9.47. The Morgan fingerprint density at radius 1 is 0.935 bits per heavy atom. The van der Waals surface area contributed by atoms with Crippen molar-refractivity contribution in [3.05, 3.63) is 47.3 Å². The molecule has 0 unspecified atom stereocenters. The standard InChI is InChI=1S/C20H23N3O7S/c1-22-12-16(31(27,28)23-6-4-5-7-23)11-17(22)18(24)21-15-9-13(19(25)29-2)8-14(10-15)20(26)30-3/h8-12H,4-7H2,1-3H3,(H,21,24). The van der Waals surface area contributed by atoms with Crippen molar-refractivity contribution in [2.45, 2.75) is 17.7 Å². The van der Waals surface area contributed by atoms with Gasteiger partial charge in [-0.2, -0.15) is 4.31 Å². The number of rotatable bonds is 6.